The second-order valence-electron chi connectivity index (χ2n) is 5.31. The van der Waals surface area contributed by atoms with Crippen LogP contribution in [-0.4, -0.2) is 54.1 Å². The van der Waals surface area contributed by atoms with E-state index in [0.29, 0.717) is 0 Å². The SMILES string of the molecule is CN(C)C(=O)C(c1ccccc1)N1CCC(O)CC1. The zero-order valence-electron chi connectivity index (χ0n) is 11.6. The van der Waals surface area contributed by atoms with Crippen molar-refractivity contribution in [3.05, 3.63) is 35.9 Å². The Morgan fingerprint density at radius 1 is 1.26 bits per heavy atom. The van der Waals surface area contributed by atoms with Gasteiger partial charge in [-0.15, -0.1) is 0 Å². The first-order chi connectivity index (χ1) is 9.09. The van der Waals surface area contributed by atoms with E-state index >= 15 is 0 Å². The number of rotatable bonds is 3. The summed E-state index contributed by atoms with van der Waals surface area (Å²) < 4.78 is 0. The van der Waals surface area contributed by atoms with Crippen LogP contribution in [0.5, 0.6) is 0 Å². The maximum absolute atomic E-state index is 12.4. The molecule has 2 rings (SSSR count). The van der Waals surface area contributed by atoms with E-state index in [2.05, 4.69) is 4.90 Å². The molecular formula is C15H22N2O2. The molecule has 4 heteroatoms. The van der Waals surface area contributed by atoms with Gasteiger partial charge in [0, 0.05) is 27.2 Å². The predicted octanol–water partition coefficient (Wildman–Crippen LogP) is 1.27. The number of hydrogen-bond donors (Lipinski definition) is 1. The van der Waals surface area contributed by atoms with Crippen LogP contribution >= 0.6 is 0 Å². The Labute approximate surface area is 114 Å². The second kappa shape index (κ2) is 6.17. The fraction of sp³-hybridized carbons (Fsp3) is 0.533. The van der Waals surface area contributed by atoms with Gasteiger partial charge >= 0.3 is 0 Å². The molecule has 1 N–H and O–H groups in total. The fourth-order valence-electron chi connectivity index (χ4n) is 2.53. The van der Waals surface area contributed by atoms with Crippen LogP contribution < -0.4 is 0 Å². The number of carbonyl (C=O) groups is 1. The fourth-order valence-corrected chi connectivity index (χ4v) is 2.53. The lowest BCUT2D eigenvalue weighted by Crippen LogP contribution is -2.44. The number of aliphatic hydroxyl groups is 1. The predicted molar refractivity (Wildman–Crippen MR) is 74.7 cm³/mol. The van der Waals surface area contributed by atoms with Crippen LogP contribution in [0.3, 0.4) is 0 Å². The van der Waals surface area contributed by atoms with Crippen LogP contribution in [0.1, 0.15) is 24.4 Å². The van der Waals surface area contributed by atoms with Crippen molar-refractivity contribution in [2.45, 2.75) is 25.0 Å². The zero-order chi connectivity index (χ0) is 13.8. The van der Waals surface area contributed by atoms with Crippen molar-refractivity contribution < 1.29 is 9.90 Å². The number of likely N-dealkylation sites (N-methyl/N-ethyl adjacent to an activating group) is 1. The molecule has 1 saturated heterocycles. The van der Waals surface area contributed by atoms with Gasteiger partial charge in [0.25, 0.3) is 0 Å². The summed E-state index contributed by atoms with van der Waals surface area (Å²) in [5.74, 6) is 0.0996. The number of benzene rings is 1. The number of hydrogen-bond acceptors (Lipinski definition) is 3. The summed E-state index contributed by atoms with van der Waals surface area (Å²) in [6.07, 6.45) is 1.26. The lowest BCUT2D eigenvalue weighted by Gasteiger charge is -2.36. The van der Waals surface area contributed by atoms with Crippen molar-refractivity contribution in [3.63, 3.8) is 0 Å². The largest absolute Gasteiger partial charge is 0.393 e. The van der Waals surface area contributed by atoms with E-state index in [-0.39, 0.29) is 18.1 Å². The average molecular weight is 262 g/mol. The molecule has 1 aliphatic heterocycles. The van der Waals surface area contributed by atoms with E-state index < -0.39 is 0 Å². The normalized spacial score (nSPS) is 19.1. The summed E-state index contributed by atoms with van der Waals surface area (Å²) in [5.41, 5.74) is 1.03. The van der Waals surface area contributed by atoms with Gasteiger partial charge in [0.05, 0.1) is 6.10 Å². The molecule has 0 saturated carbocycles. The van der Waals surface area contributed by atoms with Crippen molar-refractivity contribution >= 4 is 5.91 Å². The molecule has 1 aromatic rings. The van der Waals surface area contributed by atoms with E-state index in [1.807, 2.05) is 30.3 Å². The van der Waals surface area contributed by atoms with E-state index in [9.17, 15) is 9.90 Å². The van der Waals surface area contributed by atoms with E-state index in [4.69, 9.17) is 0 Å². The molecule has 1 fully saturated rings. The number of amides is 1. The van der Waals surface area contributed by atoms with Gasteiger partial charge < -0.3 is 10.0 Å². The van der Waals surface area contributed by atoms with Crippen LogP contribution in [0.4, 0.5) is 0 Å². The van der Waals surface area contributed by atoms with Crippen LogP contribution in [0.15, 0.2) is 30.3 Å². The van der Waals surface area contributed by atoms with E-state index in [1.165, 1.54) is 0 Å². The van der Waals surface area contributed by atoms with Crippen LogP contribution in [0, 0.1) is 0 Å². The summed E-state index contributed by atoms with van der Waals surface area (Å²) >= 11 is 0. The first kappa shape index (κ1) is 14.0. The number of likely N-dealkylation sites (tertiary alicyclic amines) is 1. The van der Waals surface area contributed by atoms with E-state index in [0.717, 1.165) is 31.5 Å². The van der Waals surface area contributed by atoms with Crippen molar-refractivity contribution in [1.82, 2.24) is 9.80 Å². The minimum atomic E-state index is -0.233. The summed E-state index contributed by atoms with van der Waals surface area (Å²) in [4.78, 5) is 16.3. The maximum atomic E-state index is 12.4. The molecule has 19 heavy (non-hydrogen) atoms. The molecule has 1 heterocycles. The highest BCUT2D eigenvalue weighted by Gasteiger charge is 2.31. The molecule has 0 spiro atoms. The van der Waals surface area contributed by atoms with Crippen molar-refractivity contribution in [2.24, 2.45) is 0 Å². The third-order valence-electron chi connectivity index (χ3n) is 3.65. The summed E-state index contributed by atoms with van der Waals surface area (Å²) in [6, 6.07) is 9.65. The quantitative estimate of drug-likeness (QED) is 0.892. The summed E-state index contributed by atoms with van der Waals surface area (Å²) in [6.45, 7) is 1.53. The number of aliphatic hydroxyl groups excluding tert-OH is 1. The summed E-state index contributed by atoms with van der Waals surface area (Å²) in [7, 11) is 3.58. The molecule has 1 unspecified atom stereocenters. The van der Waals surface area contributed by atoms with Gasteiger partial charge in [-0.2, -0.15) is 0 Å². The zero-order valence-corrected chi connectivity index (χ0v) is 11.6. The van der Waals surface area contributed by atoms with Crippen molar-refractivity contribution in [1.29, 1.82) is 0 Å². The number of carbonyl (C=O) groups excluding carboxylic acids is 1. The molecule has 0 aromatic heterocycles. The third kappa shape index (κ3) is 3.33. The Morgan fingerprint density at radius 3 is 2.37 bits per heavy atom. The lowest BCUT2D eigenvalue weighted by atomic mass is 9.99. The number of piperidine rings is 1. The van der Waals surface area contributed by atoms with Crippen molar-refractivity contribution in [2.75, 3.05) is 27.2 Å². The van der Waals surface area contributed by atoms with Gasteiger partial charge in [-0.25, -0.2) is 0 Å². The molecular weight excluding hydrogens is 240 g/mol. The topological polar surface area (TPSA) is 43.8 Å². The molecule has 0 aliphatic carbocycles. The standard InChI is InChI=1S/C15H22N2O2/c1-16(2)15(19)14(12-6-4-3-5-7-12)17-10-8-13(18)9-11-17/h3-7,13-14,18H,8-11H2,1-2H3. The average Bonchev–Trinajstić information content (AvgIpc) is 2.42. The molecule has 1 amide bonds. The van der Waals surface area contributed by atoms with Gasteiger partial charge in [0.2, 0.25) is 5.91 Å². The maximum Gasteiger partial charge on any atom is 0.244 e. The number of nitrogens with zero attached hydrogens (tertiary/aromatic N) is 2. The second-order valence-corrected chi connectivity index (χ2v) is 5.31. The van der Waals surface area contributed by atoms with E-state index in [1.54, 1.807) is 19.0 Å². The Balaban J connectivity index is 2.22. The minimum absolute atomic E-state index is 0.0996. The van der Waals surface area contributed by atoms with Gasteiger partial charge in [0.15, 0.2) is 0 Å². The molecule has 4 nitrogen and oxygen atoms in total. The molecule has 0 bridgehead atoms. The minimum Gasteiger partial charge on any atom is -0.393 e. The molecule has 1 atom stereocenters. The van der Waals surface area contributed by atoms with Gasteiger partial charge in [0.1, 0.15) is 6.04 Å². The van der Waals surface area contributed by atoms with Crippen molar-refractivity contribution in [3.8, 4) is 0 Å². The Hall–Kier alpha value is -1.39. The highest BCUT2D eigenvalue weighted by Crippen LogP contribution is 2.26. The van der Waals surface area contributed by atoms with Crippen LogP contribution in [-0.2, 0) is 4.79 Å². The van der Waals surface area contributed by atoms with Crippen LogP contribution in [0.2, 0.25) is 0 Å². The van der Waals surface area contributed by atoms with Gasteiger partial charge in [-0.05, 0) is 18.4 Å². The molecule has 1 aliphatic rings. The molecule has 104 valence electrons. The van der Waals surface area contributed by atoms with Gasteiger partial charge in [-0.1, -0.05) is 30.3 Å². The smallest absolute Gasteiger partial charge is 0.244 e. The third-order valence-corrected chi connectivity index (χ3v) is 3.65. The van der Waals surface area contributed by atoms with Gasteiger partial charge in [-0.3, -0.25) is 9.69 Å². The highest BCUT2D eigenvalue weighted by atomic mass is 16.3. The Morgan fingerprint density at radius 2 is 1.84 bits per heavy atom. The summed E-state index contributed by atoms with van der Waals surface area (Å²) in [5, 5.41) is 9.61. The Kier molecular flexibility index (Phi) is 4.56. The molecule has 0 radical (unpaired) electrons. The first-order valence-electron chi connectivity index (χ1n) is 6.78. The molecule has 1 aromatic carbocycles. The Bertz CT molecular complexity index is 411. The lowest BCUT2D eigenvalue weighted by molar-refractivity contribution is -0.135. The monoisotopic (exact) mass is 262 g/mol. The first-order valence-corrected chi connectivity index (χ1v) is 6.78. The highest BCUT2D eigenvalue weighted by molar-refractivity contribution is 5.82. The van der Waals surface area contributed by atoms with Crippen LogP contribution in [0.25, 0.3) is 0 Å².